The summed E-state index contributed by atoms with van der Waals surface area (Å²) in [5.41, 5.74) is 4.19. The molecule has 8 nitrogen and oxygen atoms in total. The molecule has 1 aromatic heterocycles. The summed E-state index contributed by atoms with van der Waals surface area (Å²) in [5.74, 6) is 0.790. The lowest BCUT2D eigenvalue weighted by Gasteiger charge is -2.29. The summed E-state index contributed by atoms with van der Waals surface area (Å²) in [5, 5.41) is 31.5. The van der Waals surface area contributed by atoms with Crippen molar-refractivity contribution < 1.29 is 20.1 Å². The summed E-state index contributed by atoms with van der Waals surface area (Å²) in [4.78, 5) is 7.84. The Morgan fingerprint density at radius 1 is 1.13 bits per heavy atom. The van der Waals surface area contributed by atoms with Crippen LogP contribution in [0.25, 0.3) is 0 Å². The molecule has 23 heavy (non-hydrogen) atoms. The number of nitrogen functional groups attached to an aromatic ring is 1. The Balaban J connectivity index is 2.31. The Morgan fingerprint density at radius 3 is 2.30 bits per heavy atom. The van der Waals surface area contributed by atoms with E-state index in [2.05, 4.69) is 15.3 Å². The minimum absolute atomic E-state index is 0.0290. The molecule has 0 amide bonds. The van der Waals surface area contributed by atoms with Crippen molar-refractivity contribution in [3.63, 3.8) is 0 Å². The maximum atomic E-state index is 9.41. The molecule has 9 heteroatoms. The van der Waals surface area contributed by atoms with Gasteiger partial charge in [0.1, 0.15) is 11.3 Å². The summed E-state index contributed by atoms with van der Waals surface area (Å²) >= 11 is 5.82. The SMILES string of the molecule is Nc1ncc(Oc2ccc(Cl)cc2)c(NC(CO)(CO)CO)n1. The number of ether oxygens (including phenoxy) is 1. The minimum Gasteiger partial charge on any atom is -0.452 e. The van der Waals surface area contributed by atoms with Gasteiger partial charge in [0.25, 0.3) is 0 Å². The molecule has 2 aromatic rings. The molecule has 1 heterocycles. The molecule has 1 aromatic carbocycles. The van der Waals surface area contributed by atoms with Crippen LogP contribution in [0.2, 0.25) is 5.02 Å². The van der Waals surface area contributed by atoms with Gasteiger partial charge in [-0.05, 0) is 24.3 Å². The molecule has 0 bridgehead atoms. The van der Waals surface area contributed by atoms with Crippen molar-refractivity contribution in [3.05, 3.63) is 35.5 Å². The minimum atomic E-state index is -1.38. The summed E-state index contributed by atoms with van der Waals surface area (Å²) in [6.45, 7) is -1.57. The molecule has 0 aliphatic rings. The normalized spacial score (nSPS) is 11.3. The largest absolute Gasteiger partial charge is 0.452 e. The monoisotopic (exact) mass is 340 g/mol. The van der Waals surface area contributed by atoms with Crippen LogP contribution in [0.4, 0.5) is 11.8 Å². The molecule has 0 radical (unpaired) electrons. The highest BCUT2D eigenvalue weighted by atomic mass is 35.5. The van der Waals surface area contributed by atoms with E-state index in [-0.39, 0.29) is 17.5 Å². The summed E-state index contributed by atoms with van der Waals surface area (Å²) in [7, 11) is 0. The molecule has 6 N–H and O–H groups in total. The van der Waals surface area contributed by atoms with Gasteiger partial charge < -0.3 is 31.1 Å². The average Bonchev–Trinajstić information content (AvgIpc) is 2.57. The second-order valence-electron chi connectivity index (χ2n) is 4.88. The first-order valence-electron chi connectivity index (χ1n) is 6.68. The van der Waals surface area contributed by atoms with Crippen LogP contribution in [-0.2, 0) is 0 Å². The average molecular weight is 341 g/mol. The maximum absolute atomic E-state index is 9.41. The van der Waals surface area contributed by atoms with Crippen LogP contribution in [0.1, 0.15) is 0 Å². The predicted octanol–water partition coefficient (Wildman–Crippen LogP) is 0.632. The van der Waals surface area contributed by atoms with Crippen molar-refractivity contribution in [2.24, 2.45) is 0 Å². The van der Waals surface area contributed by atoms with E-state index in [1.807, 2.05) is 0 Å². The molecule has 0 aliphatic carbocycles. The number of hydrogen-bond acceptors (Lipinski definition) is 8. The summed E-state index contributed by atoms with van der Waals surface area (Å²) < 4.78 is 5.65. The number of nitrogens with two attached hydrogens (primary N) is 1. The number of nitrogens with zero attached hydrogens (tertiary/aromatic N) is 2. The van der Waals surface area contributed by atoms with Crippen molar-refractivity contribution in [2.75, 3.05) is 30.9 Å². The lowest BCUT2D eigenvalue weighted by molar-refractivity contribution is 0.0829. The lowest BCUT2D eigenvalue weighted by Crippen LogP contribution is -2.49. The zero-order chi connectivity index (χ0) is 16.9. The number of aromatic nitrogens is 2. The van der Waals surface area contributed by atoms with Gasteiger partial charge in [0, 0.05) is 5.02 Å². The van der Waals surface area contributed by atoms with Gasteiger partial charge in [-0.1, -0.05) is 11.6 Å². The van der Waals surface area contributed by atoms with Gasteiger partial charge in [0.15, 0.2) is 11.6 Å². The fourth-order valence-corrected chi connectivity index (χ4v) is 1.82. The molecule has 124 valence electrons. The molecule has 0 saturated carbocycles. The van der Waals surface area contributed by atoms with Crippen LogP contribution in [-0.4, -0.2) is 50.6 Å². The lowest BCUT2D eigenvalue weighted by atomic mass is 10.0. The molecule has 0 saturated heterocycles. The fourth-order valence-electron chi connectivity index (χ4n) is 1.70. The van der Waals surface area contributed by atoms with Crippen LogP contribution >= 0.6 is 11.6 Å². The highest BCUT2D eigenvalue weighted by Crippen LogP contribution is 2.30. The van der Waals surface area contributed by atoms with E-state index in [0.29, 0.717) is 10.8 Å². The van der Waals surface area contributed by atoms with Gasteiger partial charge in [0.05, 0.1) is 26.0 Å². The third kappa shape index (κ3) is 4.20. The van der Waals surface area contributed by atoms with Gasteiger partial charge in [0.2, 0.25) is 5.95 Å². The summed E-state index contributed by atoms with van der Waals surface area (Å²) in [6, 6.07) is 6.61. The van der Waals surface area contributed by atoms with Crippen LogP contribution in [0.5, 0.6) is 11.5 Å². The van der Waals surface area contributed by atoms with E-state index in [1.165, 1.54) is 6.20 Å². The maximum Gasteiger partial charge on any atom is 0.222 e. The second-order valence-corrected chi connectivity index (χ2v) is 5.31. The molecule has 0 fully saturated rings. The van der Waals surface area contributed by atoms with E-state index >= 15 is 0 Å². The molecule has 0 spiro atoms. The number of anilines is 2. The van der Waals surface area contributed by atoms with Crippen LogP contribution in [0.3, 0.4) is 0 Å². The molecule has 0 atom stereocenters. The highest BCUT2D eigenvalue weighted by molar-refractivity contribution is 6.30. The van der Waals surface area contributed by atoms with Crippen LogP contribution < -0.4 is 15.8 Å². The zero-order valence-corrected chi connectivity index (χ0v) is 12.9. The molecule has 0 aliphatic heterocycles. The number of rotatable bonds is 7. The molecular weight excluding hydrogens is 324 g/mol. The van der Waals surface area contributed by atoms with Crippen molar-refractivity contribution >= 4 is 23.4 Å². The molecule has 2 rings (SSSR count). The number of halogens is 1. The van der Waals surface area contributed by atoms with Gasteiger partial charge in [-0.25, -0.2) is 4.98 Å². The Kier molecular flexibility index (Phi) is 5.56. The second kappa shape index (κ2) is 7.42. The van der Waals surface area contributed by atoms with E-state index in [9.17, 15) is 15.3 Å². The summed E-state index contributed by atoms with van der Waals surface area (Å²) in [6.07, 6.45) is 1.34. The van der Waals surface area contributed by atoms with Crippen molar-refractivity contribution in [1.82, 2.24) is 9.97 Å². The first-order valence-corrected chi connectivity index (χ1v) is 7.06. The molecule has 0 unspecified atom stereocenters. The Labute approximate surface area is 137 Å². The third-order valence-corrected chi connectivity index (χ3v) is 3.36. The van der Waals surface area contributed by atoms with Gasteiger partial charge in [-0.3, -0.25) is 0 Å². The van der Waals surface area contributed by atoms with Gasteiger partial charge in [-0.2, -0.15) is 4.98 Å². The first kappa shape index (κ1) is 17.2. The Bertz CT molecular complexity index is 641. The van der Waals surface area contributed by atoms with Gasteiger partial charge in [-0.15, -0.1) is 0 Å². The standard InChI is InChI=1S/C14H17ClN4O4/c15-9-1-3-10(4-2-9)23-11-5-17-13(16)18-12(11)19-14(6-20,7-21)8-22/h1-5,20-22H,6-8H2,(H3,16,17,18,19). The van der Waals surface area contributed by atoms with Crippen molar-refractivity contribution in [1.29, 1.82) is 0 Å². The third-order valence-electron chi connectivity index (χ3n) is 3.11. The number of nitrogens with one attached hydrogen (secondary N) is 1. The topological polar surface area (TPSA) is 134 Å². The quantitative estimate of drug-likeness (QED) is 0.495. The van der Waals surface area contributed by atoms with Crippen molar-refractivity contribution in [3.8, 4) is 11.5 Å². The van der Waals surface area contributed by atoms with E-state index in [0.717, 1.165) is 0 Å². The Hall–Kier alpha value is -2.13. The van der Waals surface area contributed by atoms with E-state index in [1.54, 1.807) is 24.3 Å². The predicted molar refractivity (Wildman–Crippen MR) is 85.6 cm³/mol. The first-order chi connectivity index (χ1) is 11.0. The van der Waals surface area contributed by atoms with Crippen LogP contribution in [0.15, 0.2) is 30.5 Å². The van der Waals surface area contributed by atoms with Crippen molar-refractivity contribution in [2.45, 2.75) is 5.54 Å². The van der Waals surface area contributed by atoms with Crippen LogP contribution in [0, 0.1) is 0 Å². The zero-order valence-electron chi connectivity index (χ0n) is 12.1. The van der Waals surface area contributed by atoms with E-state index in [4.69, 9.17) is 22.1 Å². The smallest absolute Gasteiger partial charge is 0.222 e. The van der Waals surface area contributed by atoms with Gasteiger partial charge >= 0.3 is 0 Å². The number of aliphatic hydroxyl groups excluding tert-OH is 3. The number of aliphatic hydroxyl groups is 3. The number of benzene rings is 1. The Morgan fingerprint density at radius 2 is 1.74 bits per heavy atom. The number of hydrogen-bond donors (Lipinski definition) is 5. The molecular formula is C14H17ClN4O4. The highest BCUT2D eigenvalue weighted by Gasteiger charge is 2.29. The van der Waals surface area contributed by atoms with E-state index < -0.39 is 25.4 Å². The fraction of sp³-hybridized carbons (Fsp3) is 0.286.